The number of fused-ring (bicyclic) bond motifs is 1. The van der Waals surface area contributed by atoms with Gasteiger partial charge >= 0.3 is 0 Å². The molecule has 3 aromatic rings. The second-order valence-electron chi connectivity index (χ2n) is 9.34. The summed E-state index contributed by atoms with van der Waals surface area (Å²) < 4.78 is 5.41. The van der Waals surface area contributed by atoms with E-state index in [0.29, 0.717) is 47.6 Å². The smallest absolute Gasteiger partial charge is 0.254 e. The molecule has 37 heavy (non-hydrogen) atoms. The van der Waals surface area contributed by atoms with Gasteiger partial charge in [0.1, 0.15) is 12.3 Å². The number of carbonyl (C=O) groups is 2. The number of aromatic nitrogens is 2. The van der Waals surface area contributed by atoms with Gasteiger partial charge in [0.25, 0.3) is 5.91 Å². The van der Waals surface area contributed by atoms with Crippen LogP contribution in [0.4, 0.5) is 5.95 Å². The first-order valence-corrected chi connectivity index (χ1v) is 12.6. The molecule has 9 nitrogen and oxygen atoms in total. The van der Waals surface area contributed by atoms with E-state index in [-0.39, 0.29) is 36.2 Å². The summed E-state index contributed by atoms with van der Waals surface area (Å²) >= 11 is 6.43. The van der Waals surface area contributed by atoms with E-state index in [1.54, 1.807) is 30.5 Å². The molecule has 1 aromatic heterocycles. The largest absolute Gasteiger partial charge is 0.508 e. The first kappa shape index (κ1) is 25.0. The predicted molar refractivity (Wildman–Crippen MR) is 139 cm³/mol. The first-order chi connectivity index (χ1) is 17.9. The van der Waals surface area contributed by atoms with Gasteiger partial charge in [0.05, 0.1) is 23.0 Å². The van der Waals surface area contributed by atoms with E-state index >= 15 is 0 Å². The van der Waals surface area contributed by atoms with Gasteiger partial charge in [-0.2, -0.15) is 0 Å². The third kappa shape index (κ3) is 5.68. The highest BCUT2D eigenvalue weighted by atomic mass is 35.5. The molecule has 0 aliphatic carbocycles. The van der Waals surface area contributed by atoms with Crippen molar-refractivity contribution < 1.29 is 19.4 Å². The van der Waals surface area contributed by atoms with Crippen LogP contribution in [0.2, 0.25) is 5.02 Å². The summed E-state index contributed by atoms with van der Waals surface area (Å²) in [5.41, 5.74) is 3.39. The van der Waals surface area contributed by atoms with Crippen LogP contribution in [-0.4, -0.2) is 57.6 Å². The molecule has 1 atom stereocenters. The second kappa shape index (κ2) is 10.7. The van der Waals surface area contributed by atoms with Crippen LogP contribution >= 0.6 is 11.6 Å². The van der Waals surface area contributed by atoms with Gasteiger partial charge in [0.2, 0.25) is 11.9 Å². The number of phenolic OH excluding ortho intramolecular Hbond substituents is 1. The summed E-state index contributed by atoms with van der Waals surface area (Å²) in [4.78, 5) is 36.3. The molecule has 3 heterocycles. The molecule has 0 saturated carbocycles. The first-order valence-electron chi connectivity index (χ1n) is 12.2. The fourth-order valence-electron chi connectivity index (χ4n) is 4.64. The fraction of sp³-hybridized carbons (Fsp3) is 0.333. The van der Waals surface area contributed by atoms with Gasteiger partial charge in [0, 0.05) is 36.9 Å². The SMILES string of the molecule is C[C@@H](NC(=O)CN1Cc2ccc(-c3nc(NC4CCOCC4)ncc3Cl)cc2C1=O)c1cccc(O)c1. The monoisotopic (exact) mass is 521 g/mol. The fourth-order valence-corrected chi connectivity index (χ4v) is 4.84. The molecule has 2 aliphatic rings. The highest BCUT2D eigenvalue weighted by molar-refractivity contribution is 6.33. The molecule has 1 saturated heterocycles. The number of carbonyl (C=O) groups excluding carboxylic acids is 2. The number of aromatic hydroxyl groups is 1. The summed E-state index contributed by atoms with van der Waals surface area (Å²) in [5, 5.41) is 16.3. The molecular weight excluding hydrogens is 494 g/mol. The van der Waals surface area contributed by atoms with E-state index in [2.05, 4.69) is 20.6 Å². The third-order valence-corrected chi connectivity index (χ3v) is 6.92. The highest BCUT2D eigenvalue weighted by Crippen LogP contribution is 2.31. The number of amides is 2. The molecule has 1 fully saturated rings. The number of hydrogen-bond donors (Lipinski definition) is 3. The zero-order valence-corrected chi connectivity index (χ0v) is 21.2. The van der Waals surface area contributed by atoms with Crippen molar-refractivity contribution in [2.24, 2.45) is 0 Å². The van der Waals surface area contributed by atoms with Gasteiger partial charge in [-0.05, 0) is 49.1 Å². The Bertz CT molecular complexity index is 1330. The van der Waals surface area contributed by atoms with Crippen molar-refractivity contribution in [1.82, 2.24) is 20.2 Å². The summed E-state index contributed by atoms with van der Waals surface area (Å²) in [6.07, 6.45) is 3.32. The van der Waals surface area contributed by atoms with Crippen LogP contribution in [-0.2, 0) is 16.1 Å². The number of rotatable bonds is 7. The van der Waals surface area contributed by atoms with Crippen LogP contribution in [0, 0.1) is 0 Å². The van der Waals surface area contributed by atoms with E-state index in [0.717, 1.165) is 24.0 Å². The minimum atomic E-state index is -0.310. The average molecular weight is 522 g/mol. The summed E-state index contributed by atoms with van der Waals surface area (Å²) in [5.74, 6) is 0.120. The van der Waals surface area contributed by atoms with E-state index in [1.165, 1.54) is 4.90 Å². The Balaban J connectivity index is 1.27. The van der Waals surface area contributed by atoms with Crippen molar-refractivity contribution in [1.29, 1.82) is 0 Å². The van der Waals surface area contributed by atoms with Crippen molar-refractivity contribution >= 4 is 29.4 Å². The number of nitrogens with zero attached hydrogens (tertiary/aromatic N) is 3. The van der Waals surface area contributed by atoms with Crippen molar-refractivity contribution in [3.8, 4) is 17.0 Å². The molecule has 3 N–H and O–H groups in total. The Labute approximate surface area is 219 Å². The molecular formula is C27H28ClN5O4. The van der Waals surface area contributed by atoms with E-state index < -0.39 is 0 Å². The van der Waals surface area contributed by atoms with Crippen molar-refractivity contribution in [3.05, 3.63) is 70.4 Å². The molecule has 192 valence electrons. The highest BCUT2D eigenvalue weighted by Gasteiger charge is 2.30. The molecule has 0 spiro atoms. The minimum Gasteiger partial charge on any atom is -0.508 e. The van der Waals surface area contributed by atoms with Crippen LogP contribution in [0.25, 0.3) is 11.3 Å². The van der Waals surface area contributed by atoms with E-state index in [4.69, 9.17) is 16.3 Å². The van der Waals surface area contributed by atoms with E-state index in [1.807, 2.05) is 25.1 Å². The van der Waals surface area contributed by atoms with Crippen LogP contribution in [0.15, 0.2) is 48.7 Å². The van der Waals surface area contributed by atoms with Crippen LogP contribution in [0.1, 0.15) is 47.3 Å². The molecule has 0 unspecified atom stereocenters. The van der Waals surface area contributed by atoms with Crippen LogP contribution in [0.5, 0.6) is 5.75 Å². The van der Waals surface area contributed by atoms with E-state index in [9.17, 15) is 14.7 Å². The number of anilines is 1. The normalized spacial score (nSPS) is 16.4. The predicted octanol–water partition coefficient (Wildman–Crippen LogP) is 3.93. The Kier molecular flexibility index (Phi) is 7.25. The summed E-state index contributed by atoms with van der Waals surface area (Å²) in [6.45, 7) is 3.51. The lowest BCUT2D eigenvalue weighted by Crippen LogP contribution is -2.38. The topological polar surface area (TPSA) is 117 Å². The van der Waals surface area contributed by atoms with Gasteiger partial charge < -0.3 is 25.4 Å². The Morgan fingerprint density at radius 1 is 1.24 bits per heavy atom. The van der Waals surface area contributed by atoms with Crippen molar-refractivity contribution in [2.45, 2.75) is 38.4 Å². The summed E-state index contributed by atoms with van der Waals surface area (Å²) in [7, 11) is 0. The molecule has 0 bridgehead atoms. The lowest BCUT2D eigenvalue weighted by atomic mass is 10.0. The average Bonchev–Trinajstić information content (AvgIpc) is 3.20. The number of benzene rings is 2. The van der Waals surface area contributed by atoms with Gasteiger partial charge in [-0.15, -0.1) is 0 Å². The standard InChI is InChI=1S/C27H28ClN5O4/c1-16(17-3-2-4-21(34)11-17)30-24(35)15-33-14-19-6-5-18(12-22(19)26(33)36)25-23(28)13-29-27(32-25)31-20-7-9-37-10-8-20/h2-6,11-13,16,20,34H,7-10,14-15H2,1H3,(H,30,35)(H,29,31,32)/t16-/m1/s1. The second-order valence-corrected chi connectivity index (χ2v) is 9.75. The number of halogens is 1. The molecule has 2 aliphatic heterocycles. The zero-order chi connectivity index (χ0) is 25.9. The lowest BCUT2D eigenvalue weighted by Gasteiger charge is -2.23. The molecule has 2 amide bonds. The maximum atomic E-state index is 13.2. The third-order valence-electron chi connectivity index (χ3n) is 6.64. The van der Waals surface area contributed by atoms with Crippen molar-refractivity contribution in [3.63, 3.8) is 0 Å². The number of ether oxygens (including phenoxy) is 1. The quantitative estimate of drug-likeness (QED) is 0.431. The minimum absolute atomic E-state index is 0.0700. The van der Waals surface area contributed by atoms with Crippen molar-refractivity contribution in [2.75, 3.05) is 25.1 Å². The number of nitrogens with one attached hydrogen (secondary N) is 2. The van der Waals surface area contributed by atoms with Crippen LogP contribution < -0.4 is 10.6 Å². The molecule has 5 rings (SSSR count). The van der Waals surface area contributed by atoms with Gasteiger partial charge in [-0.25, -0.2) is 9.97 Å². The molecule has 2 aromatic carbocycles. The van der Waals surface area contributed by atoms with Gasteiger partial charge in [0.15, 0.2) is 0 Å². The Hall–Kier alpha value is -3.69. The van der Waals surface area contributed by atoms with Gasteiger partial charge in [-0.1, -0.05) is 35.9 Å². The lowest BCUT2D eigenvalue weighted by molar-refractivity contribution is -0.122. The Morgan fingerprint density at radius 2 is 2.05 bits per heavy atom. The number of phenols is 1. The molecule has 10 heteroatoms. The van der Waals surface area contributed by atoms with Gasteiger partial charge in [-0.3, -0.25) is 9.59 Å². The van der Waals surface area contributed by atoms with Crippen LogP contribution in [0.3, 0.4) is 0 Å². The maximum absolute atomic E-state index is 13.2. The Morgan fingerprint density at radius 3 is 2.84 bits per heavy atom. The number of hydrogen-bond acceptors (Lipinski definition) is 7. The summed E-state index contributed by atoms with van der Waals surface area (Å²) in [6, 6.07) is 12.2. The molecule has 0 radical (unpaired) electrons. The zero-order valence-electron chi connectivity index (χ0n) is 20.4. The maximum Gasteiger partial charge on any atom is 0.254 e.